The lowest BCUT2D eigenvalue weighted by Gasteiger charge is -2.07. The zero-order chi connectivity index (χ0) is 22.0. The standard InChI is InChI=1S/C23H21N3O4S/c1-3-30-17-10-8-16(9-11-17)24-23-25(2)22(29)20(31-23)12-15-13-26(14-21(27)28)19-7-5-4-6-18(15)19/h4-13H,3,14H2,1-2H3,(H,27,28)/b20-12+,24-23?. The Labute approximate surface area is 183 Å². The molecule has 0 unspecified atom stereocenters. The van der Waals surface area contributed by atoms with Crippen molar-refractivity contribution in [3.63, 3.8) is 0 Å². The highest BCUT2D eigenvalue weighted by Gasteiger charge is 2.30. The van der Waals surface area contributed by atoms with Crippen LogP contribution in [0.3, 0.4) is 0 Å². The number of fused-ring (bicyclic) bond motifs is 1. The molecule has 158 valence electrons. The number of carbonyl (C=O) groups is 2. The maximum Gasteiger partial charge on any atom is 0.323 e. The molecule has 1 N–H and O–H groups in total. The van der Waals surface area contributed by atoms with Gasteiger partial charge in [-0.2, -0.15) is 0 Å². The summed E-state index contributed by atoms with van der Waals surface area (Å²) in [5, 5.41) is 10.7. The van der Waals surface area contributed by atoms with Crippen LogP contribution in [0.15, 0.2) is 64.6 Å². The number of thioether (sulfide) groups is 1. The molecule has 0 spiro atoms. The van der Waals surface area contributed by atoms with Crippen molar-refractivity contribution in [1.82, 2.24) is 9.47 Å². The van der Waals surface area contributed by atoms with Gasteiger partial charge in [0, 0.05) is 29.7 Å². The minimum atomic E-state index is -0.921. The van der Waals surface area contributed by atoms with Crippen LogP contribution in [0.4, 0.5) is 5.69 Å². The number of carbonyl (C=O) groups excluding carboxylic acids is 1. The van der Waals surface area contributed by atoms with Crippen LogP contribution in [0.1, 0.15) is 12.5 Å². The van der Waals surface area contributed by atoms with Crippen molar-refractivity contribution in [2.45, 2.75) is 13.5 Å². The second-order valence-electron chi connectivity index (χ2n) is 6.92. The van der Waals surface area contributed by atoms with Crippen molar-refractivity contribution in [3.05, 3.63) is 65.2 Å². The number of rotatable bonds is 6. The Hall–Kier alpha value is -3.52. The molecule has 0 atom stereocenters. The molecule has 1 fully saturated rings. The lowest BCUT2D eigenvalue weighted by molar-refractivity contribution is -0.137. The van der Waals surface area contributed by atoms with E-state index in [1.54, 1.807) is 23.9 Å². The molecule has 2 aromatic carbocycles. The number of aliphatic imine (C=N–C) groups is 1. The number of aromatic nitrogens is 1. The number of carboxylic acid groups (broad SMARTS) is 1. The predicted molar refractivity (Wildman–Crippen MR) is 123 cm³/mol. The van der Waals surface area contributed by atoms with E-state index in [2.05, 4.69) is 4.99 Å². The second kappa shape index (κ2) is 8.69. The van der Waals surface area contributed by atoms with Crippen molar-refractivity contribution < 1.29 is 19.4 Å². The van der Waals surface area contributed by atoms with Crippen molar-refractivity contribution in [1.29, 1.82) is 0 Å². The highest BCUT2D eigenvalue weighted by molar-refractivity contribution is 8.18. The quantitative estimate of drug-likeness (QED) is 0.582. The Balaban J connectivity index is 1.65. The summed E-state index contributed by atoms with van der Waals surface area (Å²) < 4.78 is 7.12. The first-order chi connectivity index (χ1) is 15.0. The summed E-state index contributed by atoms with van der Waals surface area (Å²) >= 11 is 1.29. The molecule has 1 amide bonds. The first-order valence-corrected chi connectivity index (χ1v) is 10.6. The molecule has 0 saturated carbocycles. The van der Waals surface area contributed by atoms with Gasteiger partial charge in [0.1, 0.15) is 12.3 Å². The molecular weight excluding hydrogens is 414 g/mol. The van der Waals surface area contributed by atoms with Crippen LogP contribution >= 0.6 is 11.8 Å². The van der Waals surface area contributed by atoms with Gasteiger partial charge in [0.2, 0.25) is 0 Å². The van der Waals surface area contributed by atoms with Gasteiger partial charge in [0.25, 0.3) is 5.91 Å². The minimum absolute atomic E-state index is 0.144. The fourth-order valence-electron chi connectivity index (χ4n) is 3.35. The van der Waals surface area contributed by atoms with Gasteiger partial charge in [0.15, 0.2) is 5.17 Å². The van der Waals surface area contributed by atoms with E-state index in [0.717, 1.165) is 27.9 Å². The van der Waals surface area contributed by atoms with Crippen LogP contribution in [-0.4, -0.2) is 45.3 Å². The average molecular weight is 436 g/mol. The highest BCUT2D eigenvalue weighted by Crippen LogP contribution is 2.35. The summed E-state index contributed by atoms with van der Waals surface area (Å²) in [6.07, 6.45) is 3.56. The molecule has 1 aliphatic heterocycles. The molecule has 1 aromatic heterocycles. The smallest absolute Gasteiger partial charge is 0.323 e. The van der Waals surface area contributed by atoms with E-state index in [4.69, 9.17) is 4.74 Å². The van der Waals surface area contributed by atoms with E-state index >= 15 is 0 Å². The number of para-hydroxylation sites is 1. The van der Waals surface area contributed by atoms with E-state index in [0.29, 0.717) is 16.7 Å². The van der Waals surface area contributed by atoms with Crippen molar-refractivity contribution in [2.75, 3.05) is 13.7 Å². The zero-order valence-corrected chi connectivity index (χ0v) is 17.9. The lowest BCUT2D eigenvalue weighted by Crippen LogP contribution is -2.23. The third-order valence-corrected chi connectivity index (χ3v) is 5.85. The number of aliphatic carboxylic acids is 1. The summed E-state index contributed by atoms with van der Waals surface area (Å²) in [6, 6.07) is 14.9. The van der Waals surface area contributed by atoms with Gasteiger partial charge < -0.3 is 14.4 Å². The number of ether oxygens (including phenoxy) is 1. The van der Waals surface area contributed by atoms with Crippen LogP contribution in [0.2, 0.25) is 0 Å². The van der Waals surface area contributed by atoms with Crippen molar-refractivity contribution in [2.24, 2.45) is 4.99 Å². The summed E-state index contributed by atoms with van der Waals surface area (Å²) in [7, 11) is 1.69. The summed E-state index contributed by atoms with van der Waals surface area (Å²) in [5.41, 5.74) is 2.33. The molecule has 0 aliphatic carbocycles. The Morgan fingerprint density at radius 1 is 1.19 bits per heavy atom. The predicted octanol–water partition coefficient (Wildman–Crippen LogP) is 4.36. The van der Waals surface area contributed by atoms with Crippen LogP contribution in [0.5, 0.6) is 5.75 Å². The fourth-order valence-corrected chi connectivity index (χ4v) is 4.33. The third-order valence-electron chi connectivity index (χ3n) is 4.79. The largest absolute Gasteiger partial charge is 0.494 e. The molecule has 1 saturated heterocycles. The second-order valence-corrected chi connectivity index (χ2v) is 7.93. The Morgan fingerprint density at radius 3 is 2.65 bits per heavy atom. The van der Waals surface area contributed by atoms with Crippen molar-refractivity contribution in [3.8, 4) is 5.75 Å². The number of amides is 1. The highest BCUT2D eigenvalue weighted by atomic mass is 32.2. The molecule has 0 radical (unpaired) electrons. The molecule has 2 heterocycles. The van der Waals surface area contributed by atoms with Crippen LogP contribution in [0, 0.1) is 0 Å². The number of carboxylic acids is 1. The molecule has 1 aliphatic rings. The van der Waals surface area contributed by atoms with E-state index in [1.807, 2.05) is 55.5 Å². The van der Waals surface area contributed by atoms with E-state index < -0.39 is 5.97 Å². The molecule has 7 nitrogen and oxygen atoms in total. The molecule has 3 aromatic rings. The molecule has 0 bridgehead atoms. The normalized spacial score (nSPS) is 16.6. The van der Waals surface area contributed by atoms with Crippen LogP contribution in [-0.2, 0) is 16.1 Å². The summed E-state index contributed by atoms with van der Waals surface area (Å²) in [5.74, 6) is -0.297. The number of hydrogen-bond donors (Lipinski definition) is 1. The van der Waals surface area contributed by atoms with E-state index in [1.165, 1.54) is 16.7 Å². The molecule has 31 heavy (non-hydrogen) atoms. The van der Waals surface area contributed by atoms with Gasteiger partial charge in [-0.1, -0.05) is 18.2 Å². The zero-order valence-electron chi connectivity index (χ0n) is 17.1. The number of amidine groups is 1. The average Bonchev–Trinajstić information content (AvgIpc) is 3.22. The maximum absolute atomic E-state index is 12.8. The van der Waals surface area contributed by atoms with E-state index in [9.17, 15) is 14.7 Å². The van der Waals surface area contributed by atoms with Crippen molar-refractivity contribution >= 4 is 51.5 Å². The first-order valence-electron chi connectivity index (χ1n) is 9.75. The van der Waals surface area contributed by atoms with Crippen LogP contribution in [0.25, 0.3) is 17.0 Å². The monoisotopic (exact) mass is 435 g/mol. The fraction of sp³-hybridized carbons (Fsp3) is 0.174. The summed E-state index contributed by atoms with van der Waals surface area (Å²) in [4.78, 5) is 30.7. The van der Waals surface area contributed by atoms with E-state index in [-0.39, 0.29) is 12.5 Å². The molecule has 4 rings (SSSR count). The molecule has 8 heteroatoms. The van der Waals surface area contributed by atoms with Crippen LogP contribution < -0.4 is 4.74 Å². The minimum Gasteiger partial charge on any atom is -0.494 e. The number of likely N-dealkylation sites (N-methyl/N-ethyl adjacent to an activating group) is 1. The maximum atomic E-state index is 12.8. The number of nitrogens with zero attached hydrogens (tertiary/aromatic N) is 3. The topological polar surface area (TPSA) is 84.1 Å². The lowest BCUT2D eigenvalue weighted by atomic mass is 10.1. The summed E-state index contributed by atoms with van der Waals surface area (Å²) in [6.45, 7) is 2.38. The number of benzene rings is 2. The SMILES string of the molecule is CCOc1ccc(N=C2S/C(=C/c3cn(CC(=O)O)c4ccccc34)C(=O)N2C)cc1. The van der Waals surface area contributed by atoms with Gasteiger partial charge in [-0.25, -0.2) is 4.99 Å². The Bertz CT molecular complexity index is 1210. The Kier molecular flexibility index (Phi) is 5.81. The molecular formula is C23H21N3O4S. The van der Waals surface area contributed by atoms with Gasteiger partial charge in [-0.3, -0.25) is 14.5 Å². The van der Waals surface area contributed by atoms with Gasteiger partial charge in [-0.15, -0.1) is 0 Å². The van der Waals surface area contributed by atoms with Gasteiger partial charge in [0.05, 0.1) is 17.2 Å². The van der Waals surface area contributed by atoms with Gasteiger partial charge in [-0.05, 0) is 55.1 Å². The van der Waals surface area contributed by atoms with Gasteiger partial charge >= 0.3 is 5.97 Å². The third kappa shape index (κ3) is 4.34. The first kappa shape index (κ1) is 20.7. The number of hydrogen-bond acceptors (Lipinski definition) is 5. The Morgan fingerprint density at radius 2 is 1.94 bits per heavy atom.